The fourth-order valence-corrected chi connectivity index (χ4v) is 2.98. The third-order valence-corrected chi connectivity index (χ3v) is 4.37. The van der Waals surface area contributed by atoms with Crippen LogP contribution in [0.3, 0.4) is 0 Å². The molecule has 0 unspecified atom stereocenters. The van der Waals surface area contributed by atoms with Crippen LogP contribution in [0.2, 0.25) is 5.15 Å². The highest BCUT2D eigenvalue weighted by molar-refractivity contribution is 7.91. The smallest absolute Gasteiger partial charge is 0.193 e. The van der Waals surface area contributed by atoms with Gasteiger partial charge < -0.3 is 9.64 Å². The van der Waals surface area contributed by atoms with E-state index >= 15 is 0 Å². The molecule has 1 aliphatic rings. The lowest BCUT2D eigenvalue weighted by Crippen LogP contribution is -2.41. The molecule has 8 heteroatoms. The third kappa shape index (κ3) is 2.78. The van der Waals surface area contributed by atoms with E-state index in [0.29, 0.717) is 24.7 Å². The molecule has 1 aromatic heterocycles. The monoisotopic (exact) mass is 277 g/mol. The van der Waals surface area contributed by atoms with Gasteiger partial charge in [0.25, 0.3) is 0 Å². The average molecular weight is 278 g/mol. The molecule has 0 saturated carbocycles. The maximum absolute atomic E-state index is 11.3. The van der Waals surface area contributed by atoms with Crippen LogP contribution in [-0.2, 0) is 9.84 Å². The van der Waals surface area contributed by atoms with Crippen molar-refractivity contribution in [3.05, 3.63) is 11.2 Å². The van der Waals surface area contributed by atoms with E-state index in [9.17, 15) is 8.42 Å². The van der Waals surface area contributed by atoms with Crippen molar-refractivity contribution in [3.63, 3.8) is 0 Å². The number of methoxy groups -OCH3 is 1. The van der Waals surface area contributed by atoms with E-state index in [1.807, 2.05) is 4.90 Å². The van der Waals surface area contributed by atoms with Crippen LogP contribution in [-0.4, -0.2) is 50.3 Å². The Morgan fingerprint density at radius 2 is 2.00 bits per heavy atom. The summed E-state index contributed by atoms with van der Waals surface area (Å²) in [5.74, 6) is 1.29. The first-order valence-electron chi connectivity index (χ1n) is 5.04. The number of anilines is 1. The van der Waals surface area contributed by atoms with Gasteiger partial charge in [-0.3, -0.25) is 0 Å². The van der Waals surface area contributed by atoms with Crippen molar-refractivity contribution in [1.82, 2.24) is 10.2 Å². The summed E-state index contributed by atoms with van der Waals surface area (Å²) in [7, 11) is -1.40. The second kappa shape index (κ2) is 4.66. The fraction of sp³-hybridized carbons (Fsp3) is 0.556. The van der Waals surface area contributed by atoms with Gasteiger partial charge in [-0.25, -0.2) is 8.42 Å². The molecule has 1 aromatic rings. The van der Waals surface area contributed by atoms with Gasteiger partial charge in [0.2, 0.25) is 0 Å². The lowest BCUT2D eigenvalue weighted by Gasteiger charge is -2.28. The highest BCUT2D eigenvalue weighted by atomic mass is 35.5. The molecule has 0 aromatic carbocycles. The van der Waals surface area contributed by atoms with E-state index in [0.717, 1.165) is 0 Å². The number of ether oxygens (including phenoxy) is 1. The Morgan fingerprint density at radius 1 is 1.35 bits per heavy atom. The van der Waals surface area contributed by atoms with Crippen LogP contribution in [0.25, 0.3) is 0 Å². The first-order chi connectivity index (χ1) is 8.02. The molecule has 0 radical (unpaired) electrons. The van der Waals surface area contributed by atoms with Crippen LogP contribution >= 0.6 is 11.6 Å². The molecule has 1 aliphatic heterocycles. The normalized spacial score (nSPS) is 19.1. The van der Waals surface area contributed by atoms with Crippen molar-refractivity contribution in [2.75, 3.05) is 36.6 Å². The predicted octanol–water partition coefficient (Wildman–Crippen LogP) is 0.373. The summed E-state index contributed by atoms with van der Waals surface area (Å²) in [5.41, 5.74) is 0. The molecule has 1 fully saturated rings. The van der Waals surface area contributed by atoms with E-state index < -0.39 is 9.84 Å². The molecule has 94 valence electrons. The summed E-state index contributed by atoms with van der Waals surface area (Å²) < 4.78 is 27.8. The number of nitrogens with zero attached hydrogens (tertiary/aromatic N) is 3. The molecule has 0 N–H and O–H groups in total. The van der Waals surface area contributed by atoms with Crippen molar-refractivity contribution in [3.8, 4) is 5.75 Å². The number of rotatable bonds is 2. The molecular weight excluding hydrogens is 266 g/mol. The standard InChI is InChI=1S/C9H12ClN3O3S/c1-16-7-6-8(10)11-12-9(7)13-2-4-17(14,15)5-3-13/h6H,2-5H2,1H3. The second-order valence-corrected chi connectivity index (χ2v) is 6.39. The Labute approximate surface area is 104 Å². The molecule has 0 aliphatic carbocycles. The molecule has 0 amide bonds. The third-order valence-electron chi connectivity index (χ3n) is 2.57. The Morgan fingerprint density at radius 3 is 2.59 bits per heavy atom. The van der Waals surface area contributed by atoms with Crippen molar-refractivity contribution in [2.24, 2.45) is 0 Å². The number of hydrogen-bond acceptors (Lipinski definition) is 6. The van der Waals surface area contributed by atoms with E-state index in [2.05, 4.69) is 10.2 Å². The zero-order valence-electron chi connectivity index (χ0n) is 9.26. The van der Waals surface area contributed by atoms with Crippen LogP contribution in [0.15, 0.2) is 6.07 Å². The number of hydrogen-bond donors (Lipinski definition) is 0. The van der Waals surface area contributed by atoms with Gasteiger partial charge in [0, 0.05) is 19.2 Å². The van der Waals surface area contributed by atoms with Crippen LogP contribution < -0.4 is 9.64 Å². The van der Waals surface area contributed by atoms with Crippen LogP contribution in [0.1, 0.15) is 0 Å². The molecule has 6 nitrogen and oxygen atoms in total. The first-order valence-corrected chi connectivity index (χ1v) is 7.24. The Kier molecular flexibility index (Phi) is 3.39. The SMILES string of the molecule is COc1cc(Cl)nnc1N1CCS(=O)(=O)CC1. The van der Waals surface area contributed by atoms with E-state index in [-0.39, 0.29) is 16.7 Å². The molecule has 0 bridgehead atoms. The number of aromatic nitrogens is 2. The molecule has 2 heterocycles. The Balaban J connectivity index is 2.24. The summed E-state index contributed by atoms with van der Waals surface area (Å²) in [5, 5.41) is 7.93. The highest BCUT2D eigenvalue weighted by Gasteiger charge is 2.25. The van der Waals surface area contributed by atoms with Gasteiger partial charge in [-0.2, -0.15) is 0 Å². The predicted molar refractivity (Wildman–Crippen MR) is 64.5 cm³/mol. The molecule has 2 rings (SSSR count). The summed E-state index contributed by atoms with van der Waals surface area (Å²) in [6.07, 6.45) is 0. The van der Waals surface area contributed by atoms with Gasteiger partial charge >= 0.3 is 0 Å². The fourth-order valence-electron chi connectivity index (χ4n) is 1.64. The molecule has 0 atom stereocenters. The lowest BCUT2D eigenvalue weighted by molar-refractivity contribution is 0.411. The summed E-state index contributed by atoms with van der Waals surface area (Å²) >= 11 is 5.71. The average Bonchev–Trinajstić information content (AvgIpc) is 2.29. The van der Waals surface area contributed by atoms with Gasteiger partial charge in [-0.05, 0) is 0 Å². The van der Waals surface area contributed by atoms with Crippen LogP contribution in [0, 0.1) is 0 Å². The van der Waals surface area contributed by atoms with Crippen LogP contribution in [0.5, 0.6) is 5.75 Å². The lowest BCUT2D eigenvalue weighted by atomic mass is 10.4. The molecule has 17 heavy (non-hydrogen) atoms. The molecule has 1 saturated heterocycles. The number of sulfone groups is 1. The highest BCUT2D eigenvalue weighted by Crippen LogP contribution is 2.27. The van der Waals surface area contributed by atoms with Gasteiger partial charge in [0.1, 0.15) is 0 Å². The van der Waals surface area contributed by atoms with E-state index in [4.69, 9.17) is 16.3 Å². The van der Waals surface area contributed by atoms with E-state index in [1.54, 1.807) is 6.07 Å². The summed E-state index contributed by atoms with van der Waals surface area (Å²) in [6.45, 7) is 0.796. The van der Waals surface area contributed by atoms with Crippen LogP contribution in [0.4, 0.5) is 5.82 Å². The van der Waals surface area contributed by atoms with Crippen molar-refractivity contribution in [1.29, 1.82) is 0 Å². The minimum Gasteiger partial charge on any atom is -0.493 e. The summed E-state index contributed by atoms with van der Waals surface area (Å²) in [4.78, 5) is 1.84. The van der Waals surface area contributed by atoms with Gasteiger partial charge in [-0.15, -0.1) is 10.2 Å². The summed E-state index contributed by atoms with van der Waals surface area (Å²) in [6, 6.07) is 1.56. The van der Waals surface area contributed by atoms with Crippen molar-refractivity contribution < 1.29 is 13.2 Å². The van der Waals surface area contributed by atoms with Gasteiger partial charge in [0.05, 0.1) is 18.6 Å². The molecular formula is C9H12ClN3O3S. The van der Waals surface area contributed by atoms with Gasteiger partial charge in [0.15, 0.2) is 26.6 Å². The minimum absolute atomic E-state index is 0.125. The van der Waals surface area contributed by atoms with Crippen molar-refractivity contribution in [2.45, 2.75) is 0 Å². The number of halogens is 1. The largest absolute Gasteiger partial charge is 0.493 e. The van der Waals surface area contributed by atoms with Gasteiger partial charge in [-0.1, -0.05) is 11.6 Å². The zero-order valence-corrected chi connectivity index (χ0v) is 10.8. The van der Waals surface area contributed by atoms with E-state index in [1.165, 1.54) is 7.11 Å². The first kappa shape index (κ1) is 12.4. The minimum atomic E-state index is -2.91. The quantitative estimate of drug-likeness (QED) is 0.778. The zero-order chi connectivity index (χ0) is 12.5. The maximum atomic E-state index is 11.3. The van der Waals surface area contributed by atoms with Crippen molar-refractivity contribution >= 4 is 27.3 Å². The maximum Gasteiger partial charge on any atom is 0.193 e. The molecule has 0 spiro atoms. The topological polar surface area (TPSA) is 72.4 Å². The Bertz CT molecular complexity index is 506. The Hall–Kier alpha value is -1.08. The second-order valence-electron chi connectivity index (χ2n) is 3.70.